The van der Waals surface area contributed by atoms with Gasteiger partial charge in [-0.3, -0.25) is 14.5 Å². The predicted molar refractivity (Wildman–Crippen MR) is 79.1 cm³/mol. The summed E-state index contributed by atoms with van der Waals surface area (Å²) in [4.78, 5) is 25.5. The number of carbonyl (C=O) groups is 2. The summed E-state index contributed by atoms with van der Waals surface area (Å²) in [6, 6.07) is 5.13. The van der Waals surface area contributed by atoms with Crippen LogP contribution >= 0.6 is 0 Å². The molecule has 1 aromatic rings. The first-order valence-electron chi connectivity index (χ1n) is 6.92. The van der Waals surface area contributed by atoms with Gasteiger partial charge in [0.1, 0.15) is 18.0 Å². The molecule has 6 nitrogen and oxygen atoms in total. The number of anilines is 2. The van der Waals surface area contributed by atoms with Gasteiger partial charge in [0.15, 0.2) is 6.10 Å². The molecule has 0 saturated heterocycles. The molecule has 0 fully saturated rings. The minimum Gasteiger partial charge on any atom is -0.479 e. The van der Waals surface area contributed by atoms with Gasteiger partial charge in [-0.15, -0.1) is 0 Å². The average molecular weight is 292 g/mol. The zero-order valence-corrected chi connectivity index (χ0v) is 12.5. The second-order valence-corrected chi connectivity index (χ2v) is 5.46. The number of rotatable bonds is 4. The first kappa shape index (κ1) is 15.2. The average Bonchev–Trinajstić information content (AvgIpc) is 2.41. The topological polar surface area (TPSA) is 81.9 Å². The molecule has 1 atom stereocenters. The lowest BCUT2D eigenvalue weighted by Crippen LogP contribution is -2.47. The largest absolute Gasteiger partial charge is 0.479 e. The lowest BCUT2D eigenvalue weighted by atomic mass is 10.1. The SMILES string of the molecule is CC(C)COC(=O)CN1C(=O)C(C)Oc2cccc(N)c21. The van der Waals surface area contributed by atoms with E-state index in [9.17, 15) is 9.59 Å². The summed E-state index contributed by atoms with van der Waals surface area (Å²) in [6.07, 6.45) is -0.655. The van der Waals surface area contributed by atoms with E-state index in [1.165, 1.54) is 4.90 Å². The Kier molecular flexibility index (Phi) is 4.35. The summed E-state index contributed by atoms with van der Waals surface area (Å²) < 4.78 is 10.6. The van der Waals surface area contributed by atoms with Crippen molar-refractivity contribution in [1.29, 1.82) is 0 Å². The Hall–Kier alpha value is -2.24. The highest BCUT2D eigenvalue weighted by Crippen LogP contribution is 2.38. The van der Waals surface area contributed by atoms with Gasteiger partial charge in [0.05, 0.1) is 12.3 Å². The van der Waals surface area contributed by atoms with Crippen LogP contribution < -0.4 is 15.4 Å². The van der Waals surface area contributed by atoms with Crippen molar-refractivity contribution in [3.63, 3.8) is 0 Å². The van der Waals surface area contributed by atoms with E-state index in [1.807, 2.05) is 13.8 Å². The Morgan fingerprint density at radius 2 is 2.19 bits per heavy atom. The van der Waals surface area contributed by atoms with Crippen molar-refractivity contribution in [3.05, 3.63) is 18.2 Å². The fraction of sp³-hybridized carbons (Fsp3) is 0.467. The number of esters is 1. The van der Waals surface area contributed by atoms with Crippen LogP contribution in [0.2, 0.25) is 0 Å². The van der Waals surface area contributed by atoms with Gasteiger partial charge in [0.2, 0.25) is 0 Å². The van der Waals surface area contributed by atoms with E-state index in [2.05, 4.69) is 0 Å². The lowest BCUT2D eigenvalue weighted by molar-refractivity contribution is -0.144. The van der Waals surface area contributed by atoms with Crippen molar-refractivity contribution < 1.29 is 19.1 Å². The highest BCUT2D eigenvalue weighted by atomic mass is 16.5. The van der Waals surface area contributed by atoms with Gasteiger partial charge >= 0.3 is 5.97 Å². The molecule has 0 bridgehead atoms. The second-order valence-electron chi connectivity index (χ2n) is 5.46. The second kappa shape index (κ2) is 6.03. The van der Waals surface area contributed by atoms with Crippen LogP contribution in [0.5, 0.6) is 5.75 Å². The van der Waals surface area contributed by atoms with Crippen molar-refractivity contribution in [3.8, 4) is 5.75 Å². The molecule has 1 aliphatic heterocycles. The van der Waals surface area contributed by atoms with E-state index in [0.717, 1.165) is 0 Å². The molecule has 0 radical (unpaired) electrons. The number of para-hydroxylation sites is 1. The Morgan fingerprint density at radius 3 is 2.86 bits per heavy atom. The maximum Gasteiger partial charge on any atom is 0.326 e. The zero-order chi connectivity index (χ0) is 15.6. The van der Waals surface area contributed by atoms with Crippen LogP contribution in [0.4, 0.5) is 11.4 Å². The molecule has 1 heterocycles. The number of nitrogen functional groups attached to an aromatic ring is 1. The monoisotopic (exact) mass is 292 g/mol. The third kappa shape index (κ3) is 3.26. The van der Waals surface area contributed by atoms with Crippen LogP contribution in [0.25, 0.3) is 0 Å². The molecular weight excluding hydrogens is 272 g/mol. The van der Waals surface area contributed by atoms with Crippen molar-refractivity contribution in [1.82, 2.24) is 0 Å². The lowest BCUT2D eigenvalue weighted by Gasteiger charge is -2.33. The number of amides is 1. The standard InChI is InChI=1S/C15H20N2O4/c1-9(2)8-20-13(18)7-17-14-11(16)5-4-6-12(14)21-10(3)15(17)19/h4-6,9-10H,7-8,16H2,1-3H3. The van der Waals surface area contributed by atoms with E-state index < -0.39 is 12.1 Å². The van der Waals surface area contributed by atoms with E-state index in [-0.39, 0.29) is 18.4 Å². The summed E-state index contributed by atoms with van der Waals surface area (Å²) in [7, 11) is 0. The van der Waals surface area contributed by atoms with Gasteiger partial charge in [-0.05, 0) is 25.0 Å². The molecule has 21 heavy (non-hydrogen) atoms. The smallest absolute Gasteiger partial charge is 0.326 e. The summed E-state index contributed by atoms with van der Waals surface area (Å²) in [5.74, 6) is -0.0216. The molecule has 0 aliphatic carbocycles. The molecular formula is C15H20N2O4. The quantitative estimate of drug-likeness (QED) is 0.673. The van der Waals surface area contributed by atoms with E-state index in [0.29, 0.717) is 23.7 Å². The third-order valence-electron chi connectivity index (χ3n) is 3.08. The summed E-state index contributed by atoms with van der Waals surface area (Å²) in [6.45, 7) is 5.69. The van der Waals surface area contributed by atoms with Gasteiger partial charge < -0.3 is 15.2 Å². The number of fused-ring (bicyclic) bond motifs is 1. The maximum atomic E-state index is 12.3. The van der Waals surface area contributed by atoms with Crippen LogP contribution in [0.1, 0.15) is 20.8 Å². The van der Waals surface area contributed by atoms with Gasteiger partial charge in [-0.1, -0.05) is 19.9 Å². The first-order chi connectivity index (χ1) is 9.90. The van der Waals surface area contributed by atoms with Crippen LogP contribution in [-0.2, 0) is 14.3 Å². The molecule has 0 aromatic heterocycles. The molecule has 0 saturated carbocycles. The van der Waals surface area contributed by atoms with Crippen LogP contribution in [-0.4, -0.2) is 31.1 Å². The van der Waals surface area contributed by atoms with E-state index >= 15 is 0 Å². The Labute approximate surface area is 123 Å². The number of nitrogens with zero attached hydrogens (tertiary/aromatic N) is 1. The highest BCUT2D eigenvalue weighted by Gasteiger charge is 2.34. The highest BCUT2D eigenvalue weighted by molar-refractivity contribution is 6.05. The number of carbonyl (C=O) groups excluding carboxylic acids is 2. The normalized spacial score (nSPS) is 17.4. The summed E-state index contributed by atoms with van der Waals surface area (Å²) in [5, 5.41) is 0. The number of ether oxygens (including phenoxy) is 2. The van der Waals surface area contributed by atoms with E-state index in [4.69, 9.17) is 15.2 Å². The fourth-order valence-electron chi connectivity index (χ4n) is 2.09. The molecule has 1 amide bonds. The predicted octanol–water partition coefficient (Wildman–Crippen LogP) is 1.58. The molecule has 0 spiro atoms. The van der Waals surface area contributed by atoms with Crippen LogP contribution in [0.15, 0.2) is 18.2 Å². The number of hydrogen-bond acceptors (Lipinski definition) is 5. The summed E-state index contributed by atoms with van der Waals surface area (Å²) in [5.41, 5.74) is 6.74. The van der Waals surface area contributed by atoms with Crippen molar-refractivity contribution in [2.24, 2.45) is 5.92 Å². The zero-order valence-electron chi connectivity index (χ0n) is 12.5. The van der Waals surface area contributed by atoms with Crippen LogP contribution in [0, 0.1) is 5.92 Å². The molecule has 2 N–H and O–H groups in total. The van der Waals surface area contributed by atoms with Gasteiger partial charge in [0, 0.05) is 0 Å². The molecule has 114 valence electrons. The van der Waals surface area contributed by atoms with Gasteiger partial charge in [-0.2, -0.15) is 0 Å². The molecule has 1 aliphatic rings. The fourth-order valence-corrected chi connectivity index (χ4v) is 2.09. The molecule has 1 unspecified atom stereocenters. The first-order valence-corrected chi connectivity index (χ1v) is 6.92. The minimum absolute atomic E-state index is 0.166. The molecule has 1 aromatic carbocycles. The number of benzene rings is 1. The van der Waals surface area contributed by atoms with Crippen molar-refractivity contribution >= 4 is 23.3 Å². The van der Waals surface area contributed by atoms with E-state index in [1.54, 1.807) is 25.1 Å². The third-order valence-corrected chi connectivity index (χ3v) is 3.08. The van der Waals surface area contributed by atoms with Crippen molar-refractivity contribution in [2.75, 3.05) is 23.8 Å². The molecule has 6 heteroatoms. The van der Waals surface area contributed by atoms with Crippen LogP contribution in [0.3, 0.4) is 0 Å². The molecule has 2 rings (SSSR count). The Bertz CT molecular complexity index is 557. The number of hydrogen-bond donors (Lipinski definition) is 1. The minimum atomic E-state index is -0.655. The maximum absolute atomic E-state index is 12.3. The van der Waals surface area contributed by atoms with Gasteiger partial charge in [-0.25, -0.2) is 0 Å². The van der Waals surface area contributed by atoms with Gasteiger partial charge in [0.25, 0.3) is 5.91 Å². The Morgan fingerprint density at radius 1 is 1.48 bits per heavy atom. The summed E-state index contributed by atoms with van der Waals surface area (Å²) >= 11 is 0. The Balaban J connectivity index is 2.22. The number of nitrogens with two attached hydrogens (primary N) is 1. The van der Waals surface area contributed by atoms with Crippen molar-refractivity contribution in [2.45, 2.75) is 26.9 Å².